The van der Waals surface area contributed by atoms with Crippen LogP contribution in [0.15, 0.2) is 48.5 Å². The number of nitrogens with zero attached hydrogens (tertiary/aromatic N) is 2. The fourth-order valence-corrected chi connectivity index (χ4v) is 3.02. The Bertz CT molecular complexity index is 899. The number of carbonyl (C=O) groups is 2. The van der Waals surface area contributed by atoms with Gasteiger partial charge in [-0.05, 0) is 44.2 Å². The molecule has 0 spiro atoms. The molecule has 5 nitrogen and oxygen atoms in total. The van der Waals surface area contributed by atoms with Gasteiger partial charge in [-0.3, -0.25) is 14.5 Å². The van der Waals surface area contributed by atoms with E-state index in [1.807, 2.05) is 43.1 Å². The summed E-state index contributed by atoms with van der Waals surface area (Å²) in [5, 5.41) is 2.25. The molecular formula is C22H26F3N3O2. The van der Waals surface area contributed by atoms with Crippen LogP contribution in [0.4, 0.5) is 18.9 Å². The van der Waals surface area contributed by atoms with E-state index in [2.05, 4.69) is 5.32 Å². The maximum Gasteiger partial charge on any atom is 0.418 e. The number of nitrogens with one attached hydrogen (secondary N) is 1. The zero-order valence-corrected chi connectivity index (χ0v) is 17.5. The van der Waals surface area contributed by atoms with Crippen LogP contribution in [-0.2, 0) is 22.3 Å². The molecule has 0 aliphatic heterocycles. The van der Waals surface area contributed by atoms with E-state index in [1.165, 1.54) is 30.1 Å². The van der Waals surface area contributed by atoms with Gasteiger partial charge in [0.1, 0.15) is 0 Å². The van der Waals surface area contributed by atoms with Crippen molar-refractivity contribution in [1.29, 1.82) is 0 Å². The Morgan fingerprint density at radius 3 is 2.27 bits per heavy atom. The highest BCUT2D eigenvalue weighted by molar-refractivity contribution is 5.95. The van der Waals surface area contributed by atoms with Crippen molar-refractivity contribution in [3.8, 4) is 0 Å². The number of amides is 2. The molecule has 2 aromatic carbocycles. The number of rotatable bonds is 7. The molecule has 0 saturated carbocycles. The van der Waals surface area contributed by atoms with Crippen molar-refractivity contribution < 1.29 is 22.8 Å². The molecule has 8 heteroatoms. The lowest BCUT2D eigenvalue weighted by molar-refractivity contribution is -0.138. The molecule has 0 aliphatic carbocycles. The molecule has 2 amide bonds. The molecular weight excluding hydrogens is 395 g/mol. The van der Waals surface area contributed by atoms with Crippen LogP contribution in [0.1, 0.15) is 23.6 Å². The zero-order valence-electron chi connectivity index (χ0n) is 17.5. The van der Waals surface area contributed by atoms with E-state index in [9.17, 15) is 22.8 Å². The Morgan fingerprint density at radius 2 is 1.63 bits per heavy atom. The number of para-hydroxylation sites is 1. The highest BCUT2D eigenvalue weighted by atomic mass is 19.4. The van der Waals surface area contributed by atoms with E-state index >= 15 is 0 Å². The van der Waals surface area contributed by atoms with E-state index in [0.29, 0.717) is 6.54 Å². The van der Waals surface area contributed by atoms with Gasteiger partial charge in [0.05, 0.1) is 23.8 Å². The number of anilines is 1. The number of hydrogen-bond donors (Lipinski definition) is 1. The molecule has 162 valence electrons. The Morgan fingerprint density at radius 1 is 1.03 bits per heavy atom. The maximum absolute atomic E-state index is 13.1. The van der Waals surface area contributed by atoms with Gasteiger partial charge in [-0.2, -0.15) is 13.2 Å². The van der Waals surface area contributed by atoms with Crippen LogP contribution in [0, 0.1) is 6.92 Å². The minimum atomic E-state index is -4.58. The van der Waals surface area contributed by atoms with Gasteiger partial charge in [0, 0.05) is 13.6 Å². The third kappa shape index (κ3) is 6.06. The van der Waals surface area contributed by atoms with Crippen LogP contribution >= 0.6 is 0 Å². The van der Waals surface area contributed by atoms with Crippen molar-refractivity contribution in [1.82, 2.24) is 9.80 Å². The van der Waals surface area contributed by atoms with Crippen molar-refractivity contribution >= 4 is 17.5 Å². The van der Waals surface area contributed by atoms with Gasteiger partial charge in [-0.15, -0.1) is 0 Å². The smallest absolute Gasteiger partial charge is 0.335 e. The molecule has 1 unspecified atom stereocenters. The van der Waals surface area contributed by atoms with Crippen molar-refractivity contribution in [2.24, 2.45) is 0 Å². The van der Waals surface area contributed by atoms with Crippen molar-refractivity contribution in [3.05, 3.63) is 65.2 Å². The lowest BCUT2D eigenvalue weighted by Crippen LogP contribution is -2.46. The fraction of sp³-hybridized carbons (Fsp3) is 0.364. The molecule has 0 bridgehead atoms. The number of hydrogen-bond acceptors (Lipinski definition) is 3. The van der Waals surface area contributed by atoms with Gasteiger partial charge < -0.3 is 10.2 Å². The standard InChI is InChI=1S/C22H26F3N3O2/c1-15-9-5-6-10-17(15)13-27(3)16(2)21(30)28(4)14-20(29)26-19-12-8-7-11-18(19)22(23,24)25/h5-12,16H,13-14H2,1-4H3,(H,26,29). The van der Waals surface area contributed by atoms with Crippen LogP contribution in [0.2, 0.25) is 0 Å². The first-order valence-electron chi connectivity index (χ1n) is 9.46. The first-order chi connectivity index (χ1) is 14.0. The van der Waals surface area contributed by atoms with Crippen LogP contribution in [-0.4, -0.2) is 48.3 Å². The van der Waals surface area contributed by atoms with Crippen LogP contribution in [0.25, 0.3) is 0 Å². The average molecular weight is 421 g/mol. The van der Waals surface area contributed by atoms with E-state index in [-0.39, 0.29) is 18.1 Å². The number of halogens is 3. The van der Waals surface area contributed by atoms with Gasteiger partial charge in [-0.25, -0.2) is 0 Å². The van der Waals surface area contributed by atoms with Crippen LogP contribution < -0.4 is 5.32 Å². The summed E-state index contributed by atoms with van der Waals surface area (Å²) in [6.45, 7) is 3.92. The number of aryl methyl sites for hydroxylation is 1. The zero-order chi connectivity index (χ0) is 22.5. The summed E-state index contributed by atoms with van der Waals surface area (Å²) in [5.74, 6) is -0.998. The second-order valence-electron chi connectivity index (χ2n) is 7.30. The number of alkyl halides is 3. The second kappa shape index (κ2) is 9.75. The molecule has 0 aromatic heterocycles. The predicted molar refractivity (Wildman–Crippen MR) is 110 cm³/mol. The van der Waals surface area contributed by atoms with Gasteiger partial charge in [0.25, 0.3) is 0 Å². The summed E-state index contributed by atoms with van der Waals surface area (Å²) >= 11 is 0. The maximum atomic E-state index is 13.1. The van der Waals surface area contributed by atoms with Gasteiger partial charge in [0.15, 0.2) is 0 Å². The Balaban J connectivity index is 1.98. The van der Waals surface area contributed by atoms with Crippen LogP contribution in [0.5, 0.6) is 0 Å². The second-order valence-corrected chi connectivity index (χ2v) is 7.30. The van der Waals surface area contributed by atoms with E-state index in [0.717, 1.165) is 17.2 Å². The largest absolute Gasteiger partial charge is 0.418 e. The minimum absolute atomic E-state index is 0.301. The number of benzene rings is 2. The van der Waals surface area contributed by atoms with Crippen molar-refractivity contribution in [2.45, 2.75) is 32.6 Å². The predicted octanol–water partition coefficient (Wildman–Crippen LogP) is 3.93. The van der Waals surface area contributed by atoms with Gasteiger partial charge >= 0.3 is 6.18 Å². The van der Waals surface area contributed by atoms with E-state index in [4.69, 9.17) is 0 Å². The molecule has 0 radical (unpaired) electrons. The fourth-order valence-electron chi connectivity index (χ4n) is 3.02. The molecule has 2 rings (SSSR count). The lowest BCUT2D eigenvalue weighted by Gasteiger charge is -2.28. The summed E-state index contributed by atoms with van der Waals surface area (Å²) in [4.78, 5) is 28.0. The molecule has 0 aliphatic rings. The minimum Gasteiger partial charge on any atom is -0.335 e. The molecule has 1 N–H and O–H groups in total. The normalized spacial score (nSPS) is 12.5. The molecule has 2 aromatic rings. The molecule has 1 atom stereocenters. The quantitative estimate of drug-likeness (QED) is 0.737. The molecule has 0 heterocycles. The highest BCUT2D eigenvalue weighted by Gasteiger charge is 2.33. The van der Waals surface area contributed by atoms with E-state index < -0.39 is 23.7 Å². The lowest BCUT2D eigenvalue weighted by atomic mass is 10.1. The van der Waals surface area contributed by atoms with Gasteiger partial charge in [-0.1, -0.05) is 36.4 Å². The summed E-state index contributed by atoms with van der Waals surface area (Å²) in [7, 11) is 3.26. The Kier molecular flexibility index (Phi) is 7.61. The van der Waals surface area contributed by atoms with Crippen molar-refractivity contribution in [2.75, 3.05) is 26.0 Å². The first-order valence-corrected chi connectivity index (χ1v) is 9.46. The molecule has 30 heavy (non-hydrogen) atoms. The Hall–Kier alpha value is -2.87. The monoisotopic (exact) mass is 421 g/mol. The summed E-state index contributed by atoms with van der Waals surface area (Å²) in [6.07, 6.45) is -4.58. The summed E-state index contributed by atoms with van der Waals surface area (Å²) in [6, 6.07) is 12.1. The number of carbonyl (C=O) groups excluding carboxylic acids is 2. The van der Waals surface area contributed by atoms with Crippen LogP contribution in [0.3, 0.4) is 0 Å². The third-order valence-electron chi connectivity index (χ3n) is 4.96. The van der Waals surface area contributed by atoms with E-state index in [1.54, 1.807) is 6.92 Å². The van der Waals surface area contributed by atoms with Gasteiger partial charge in [0.2, 0.25) is 11.8 Å². The molecule has 0 fully saturated rings. The molecule has 0 saturated heterocycles. The Labute approximate surface area is 174 Å². The summed E-state index contributed by atoms with van der Waals surface area (Å²) in [5.41, 5.74) is 0.933. The highest BCUT2D eigenvalue weighted by Crippen LogP contribution is 2.34. The topological polar surface area (TPSA) is 52.7 Å². The third-order valence-corrected chi connectivity index (χ3v) is 4.96. The first kappa shape index (κ1) is 23.4. The van der Waals surface area contributed by atoms with Crippen molar-refractivity contribution in [3.63, 3.8) is 0 Å². The summed E-state index contributed by atoms with van der Waals surface area (Å²) < 4.78 is 39.2. The average Bonchev–Trinajstić information content (AvgIpc) is 2.68. The number of likely N-dealkylation sites (N-methyl/N-ethyl adjacent to an activating group) is 2. The SMILES string of the molecule is Cc1ccccc1CN(C)C(C)C(=O)N(C)CC(=O)Nc1ccccc1C(F)(F)F.